The predicted molar refractivity (Wildman–Crippen MR) is 154 cm³/mol. The van der Waals surface area contributed by atoms with E-state index in [0.717, 1.165) is 37.3 Å². The zero-order chi connectivity index (χ0) is 28.5. The Kier molecular flexibility index (Phi) is 16.6. The molecule has 0 bridgehead atoms. The molecule has 0 amide bonds. The number of benzene rings is 1. The molecule has 0 saturated heterocycles. The number of ether oxygens (including phenoxy) is 3. The van der Waals surface area contributed by atoms with E-state index in [1.807, 2.05) is 14.1 Å². The van der Waals surface area contributed by atoms with E-state index in [9.17, 15) is 13.0 Å². The van der Waals surface area contributed by atoms with Gasteiger partial charge < -0.3 is 32.6 Å². The van der Waals surface area contributed by atoms with Crippen molar-refractivity contribution < 1.29 is 36.1 Å². The highest BCUT2D eigenvalue weighted by Crippen LogP contribution is 2.15. The molecule has 0 radical (unpaired) electrons. The number of anilines is 1. The first-order valence-electron chi connectivity index (χ1n) is 14.0. The third-order valence-corrected chi connectivity index (χ3v) is 7.50. The number of quaternary nitrogens is 2. The van der Waals surface area contributed by atoms with Crippen LogP contribution in [0.5, 0.6) is 0 Å². The molecule has 1 rings (SSSR count). The SMILES string of the molecule is CCCC[N+](C)(C)CCOCCN(CCOCCOCC[N+](C)(C)CCCS(=O)(=O)[O-])c1cccc(C)c1. The fourth-order valence-corrected chi connectivity index (χ4v) is 4.55. The maximum Gasteiger partial charge on any atom is 0.102 e. The summed E-state index contributed by atoms with van der Waals surface area (Å²) >= 11 is 0. The fourth-order valence-electron chi connectivity index (χ4n) is 4.07. The fraction of sp³-hybridized carbons (Fsp3) is 0.786. The lowest BCUT2D eigenvalue weighted by Gasteiger charge is -2.30. The normalized spacial score (nSPS) is 12.7. The van der Waals surface area contributed by atoms with Crippen LogP contribution >= 0.6 is 0 Å². The molecular weight excluding hydrogens is 506 g/mol. The number of aryl methyl sites for hydroxylation is 1. The van der Waals surface area contributed by atoms with Gasteiger partial charge in [-0.25, -0.2) is 8.42 Å². The summed E-state index contributed by atoms with van der Waals surface area (Å²) in [6.07, 6.45) is 2.83. The molecule has 0 aliphatic heterocycles. The van der Waals surface area contributed by atoms with Gasteiger partial charge in [-0.15, -0.1) is 0 Å². The number of rotatable bonds is 23. The minimum absolute atomic E-state index is 0.314. The van der Waals surface area contributed by atoms with E-state index in [0.29, 0.717) is 50.5 Å². The Hall–Kier alpha value is -1.27. The Morgan fingerprint density at radius 3 is 1.84 bits per heavy atom. The summed E-state index contributed by atoms with van der Waals surface area (Å²) in [4.78, 5) is 2.31. The lowest BCUT2D eigenvalue weighted by atomic mass is 10.2. The predicted octanol–water partition coefficient (Wildman–Crippen LogP) is 2.74. The van der Waals surface area contributed by atoms with E-state index in [2.05, 4.69) is 57.1 Å². The van der Waals surface area contributed by atoms with Crippen molar-refractivity contribution in [2.45, 2.75) is 33.1 Å². The van der Waals surface area contributed by atoms with Gasteiger partial charge in [-0.2, -0.15) is 0 Å². The van der Waals surface area contributed by atoms with Gasteiger partial charge >= 0.3 is 0 Å². The first-order chi connectivity index (χ1) is 17.8. The van der Waals surface area contributed by atoms with Crippen molar-refractivity contribution in [1.82, 2.24) is 0 Å². The Morgan fingerprint density at radius 2 is 1.32 bits per heavy atom. The van der Waals surface area contributed by atoms with Gasteiger partial charge in [0.2, 0.25) is 0 Å². The second kappa shape index (κ2) is 18.1. The maximum absolute atomic E-state index is 10.8. The third kappa shape index (κ3) is 18.1. The van der Waals surface area contributed by atoms with Crippen LogP contribution in [0, 0.1) is 6.92 Å². The van der Waals surface area contributed by atoms with Gasteiger partial charge in [0.05, 0.1) is 91.0 Å². The quantitative estimate of drug-likeness (QED) is 0.116. The molecule has 1 aromatic rings. The number of nitrogens with zero attached hydrogens (tertiary/aromatic N) is 3. The van der Waals surface area contributed by atoms with E-state index < -0.39 is 10.1 Å². The van der Waals surface area contributed by atoms with Gasteiger partial charge in [-0.05, 0) is 31.0 Å². The smallest absolute Gasteiger partial charge is 0.102 e. The molecule has 0 fully saturated rings. The highest BCUT2D eigenvalue weighted by molar-refractivity contribution is 7.85. The van der Waals surface area contributed by atoms with Crippen LogP contribution in [0.3, 0.4) is 0 Å². The maximum atomic E-state index is 10.8. The summed E-state index contributed by atoms with van der Waals surface area (Å²) < 4.78 is 51.5. The van der Waals surface area contributed by atoms with Crippen LogP contribution in [0.4, 0.5) is 5.69 Å². The zero-order valence-electron chi connectivity index (χ0n) is 24.8. The van der Waals surface area contributed by atoms with Crippen molar-refractivity contribution in [3.05, 3.63) is 29.8 Å². The molecular formula is C28H54N3O6S+. The lowest BCUT2D eigenvalue weighted by Crippen LogP contribution is -2.43. The highest BCUT2D eigenvalue weighted by atomic mass is 32.2. The number of likely N-dealkylation sites (N-methyl/N-ethyl adjacent to an activating group) is 2. The average Bonchev–Trinajstić information content (AvgIpc) is 2.81. The van der Waals surface area contributed by atoms with E-state index in [4.69, 9.17) is 14.2 Å². The van der Waals surface area contributed by atoms with Crippen LogP contribution < -0.4 is 4.90 Å². The average molecular weight is 561 g/mol. The van der Waals surface area contributed by atoms with Crippen LogP contribution in [-0.2, 0) is 24.3 Å². The molecule has 1 aromatic carbocycles. The van der Waals surface area contributed by atoms with Crippen molar-refractivity contribution in [1.29, 1.82) is 0 Å². The first-order valence-corrected chi connectivity index (χ1v) is 15.5. The second-order valence-electron chi connectivity index (χ2n) is 11.4. The van der Waals surface area contributed by atoms with E-state index >= 15 is 0 Å². The molecule has 0 heterocycles. The molecule has 0 unspecified atom stereocenters. The minimum Gasteiger partial charge on any atom is -0.748 e. The van der Waals surface area contributed by atoms with Gasteiger partial charge in [0, 0.05) is 31.0 Å². The summed E-state index contributed by atoms with van der Waals surface area (Å²) in [5, 5.41) is 0. The molecule has 0 aliphatic carbocycles. The Morgan fingerprint density at radius 1 is 0.789 bits per heavy atom. The third-order valence-electron chi connectivity index (χ3n) is 6.71. The second-order valence-corrected chi connectivity index (χ2v) is 12.9. The Bertz CT molecular complexity index is 864. The van der Waals surface area contributed by atoms with Crippen LogP contribution in [0.2, 0.25) is 0 Å². The number of hydrogen-bond acceptors (Lipinski definition) is 7. The summed E-state index contributed by atoms with van der Waals surface area (Å²) in [6, 6.07) is 8.52. The van der Waals surface area contributed by atoms with Gasteiger partial charge in [-0.1, -0.05) is 25.5 Å². The van der Waals surface area contributed by atoms with Gasteiger partial charge in [-0.3, -0.25) is 0 Å². The molecule has 0 aliphatic rings. The first kappa shape index (κ1) is 34.8. The van der Waals surface area contributed by atoms with E-state index in [1.165, 1.54) is 30.6 Å². The number of hydrogen-bond donors (Lipinski definition) is 0. The summed E-state index contributed by atoms with van der Waals surface area (Å²) in [5.41, 5.74) is 2.41. The standard InChI is InChI=1S/C28H54N3O6S/c1-7-8-15-30(3,4)17-21-35-19-13-29(28-12-9-11-27(2)26-28)14-20-36-23-24-37-22-18-31(5,6)16-10-25-38(32,33)34/h9,11-12,26H,7-8,10,13-25H2,1-6H3/q+1. The van der Waals surface area contributed by atoms with Crippen LogP contribution in [0.25, 0.3) is 0 Å². The topological polar surface area (TPSA) is 88.1 Å². The van der Waals surface area contributed by atoms with Gasteiger partial charge in [0.15, 0.2) is 0 Å². The van der Waals surface area contributed by atoms with Gasteiger partial charge in [0.25, 0.3) is 0 Å². The monoisotopic (exact) mass is 560 g/mol. The summed E-state index contributed by atoms with van der Waals surface area (Å²) in [6.45, 7) is 13.1. The van der Waals surface area contributed by atoms with Crippen molar-refractivity contribution in [2.24, 2.45) is 0 Å². The number of unbranched alkanes of at least 4 members (excludes halogenated alkanes) is 1. The van der Waals surface area contributed by atoms with Crippen molar-refractivity contribution in [3.63, 3.8) is 0 Å². The van der Waals surface area contributed by atoms with Crippen LogP contribution in [0.15, 0.2) is 24.3 Å². The van der Waals surface area contributed by atoms with Crippen molar-refractivity contribution in [2.75, 3.05) is 118 Å². The van der Waals surface area contributed by atoms with Crippen molar-refractivity contribution in [3.8, 4) is 0 Å². The lowest BCUT2D eigenvalue weighted by molar-refractivity contribution is -0.890. The largest absolute Gasteiger partial charge is 0.748 e. The molecule has 0 spiro atoms. The Labute approximate surface area is 232 Å². The highest BCUT2D eigenvalue weighted by Gasteiger charge is 2.16. The molecule has 0 N–H and O–H groups in total. The minimum atomic E-state index is -4.15. The van der Waals surface area contributed by atoms with Crippen molar-refractivity contribution >= 4 is 15.8 Å². The van der Waals surface area contributed by atoms with Crippen LogP contribution in [0.1, 0.15) is 31.7 Å². The molecule has 9 nitrogen and oxygen atoms in total. The van der Waals surface area contributed by atoms with E-state index in [1.54, 1.807) is 0 Å². The summed E-state index contributed by atoms with van der Waals surface area (Å²) in [7, 11) is 4.41. The molecule has 0 saturated carbocycles. The molecule has 38 heavy (non-hydrogen) atoms. The molecule has 0 aromatic heterocycles. The summed E-state index contributed by atoms with van der Waals surface area (Å²) in [5.74, 6) is -0.314. The van der Waals surface area contributed by atoms with E-state index in [-0.39, 0.29) is 5.75 Å². The molecule has 222 valence electrons. The molecule has 10 heteroatoms. The zero-order valence-corrected chi connectivity index (χ0v) is 25.6. The van der Waals surface area contributed by atoms with Crippen LogP contribution in [-0.4, -0.2) is 135 Å². The van der Waals surface area contributed by atoms with Gasteiger partial charge in [0.1, 0.15) is 13.1 Å². The molecule has 0 atom stereocenters. The Balaban J connectivity index is 2.31.